The zero-order chi connectivity index (χ0) is 14.1. The third-order valence-corrected chi connectivity index (χ3v) is 3.94. The van der Waals surface area contributed by atoms with Crippen LogP contribution in [0, 0.1) is 5.82 Å². The standard InChI is InChI=1S/C16H15ClFNO/c1-19-16(13-4-3-12(18)9-14(13)17)11-2-5-15-10(8-11)6-7-20-15/h2-5,8-9,16,19H,6-7H2,1H3. The van der Waals surface area contributed by atoms with Crippen LogP contribution in [0.25, 0.3) is 0 Å². The van der Waals surface area contributed by atoms with Crippen LogP contribution in [-0.2, 0) is 6.42 Å². The maximum atomic E-state index is 13.2. The highest BCUT2D eigenvalue weighted by molar-refractivity contribution is 6.31. The number of hydrogen-bond donors (Lipinski definition) is 1. The van der Waals surface area contributed by atoms with Gasteiger partial charge in [-0.15, -0.1) is 0 Å². The number of ether oxygens (including phenoxy) is 1. The summed E-state index contributed by atoms with van der Waals surface area (Å²) in [5.41, 5.74) is 3.18. The molecule has 0 spiro atoms. The first-order chi connectivity index (χ1) is 9.69. The van der Waals surface area contributed by atoms with Gasteiger partial charge in [-0.2, -0.15) is 0 Å². The van der Waals surface area contributed by atoms with Gasteiger partial charge in [0.15, 0.2) is 0 Å². The van der Waals surface area contributed by atoms with Gasteiger partial charge in [0.2, 0.25) is 0 Å². The van der Waals surface area contributed by atoms with Crippen LogP contribution in [0.4, 0.5) is 4.39 Å². The minimum absolute atomic E-state index is 0.0611. The molecule has 20 heavy (non-hydrogen) atoms. The Kier molecular flexibility index (Phi) is 3.64. The summed E-state index contributed by atoms with van der Waals surface area (Å²) in [5, 5.41) is 3.67. The summed E-state index contributed by atoms with van der Waals surface area (Å²) in [6.45, 7) is 0.736. The van der Waals surface area contributed by atoms with Gasteiger partial charge in [0.05, 0.1) is 12.6 Å². The molecule has 1 aliphatic rings. The Bertz CT molecular complexity index is 644. The van der Waals surface area contributed by atoms with Crippen molar-refractivity contribution in [2.45, 2.75) is 12.5 Å². The highest BCUT2D eigenvalue weighted by Gasteiger charge is 2.19. The summed E-state index contributed by atoms with van der Waals surface area (Å²) < 4.78 is 18.7. The molecule has 0 aliphatic carbocycles. The van der Waals surface area contributed by atoms with Gasteiger partial charge in [0.25, 0.3) is 0 Å². The van der Waals surface area contributed by atoms with Crippen LogP contribution >= 0.6 is 11.6 Å². The molecule has 0 saturated heterocycles. The van der Waals surface area contributed by atoms with Gasteiger partial charge in [-0.25, -0.2) is 4.39 Å². The lowest BCUT2D eigenvalue weighted by molar-refractivity contribution is 0.357. The minimum Gasteiger partial charge on any atom is -0.493 e. The second kappa shape index (κ2) is 5.43. The van der Waals surface area contributed by atoms with E-state index in [-0.39, 0.29) is 11.9 Å². The van der Waals surface area contributed by atoms with Crippen LogP contribution in [0.5, 0.6) is 5.75 Å². The van der Waals surface area contributed by atoms with Crippen molar-refractivity contribution in [1.29, 1.82) is 0 Å². The maximum absolute atomic E-state index is 13.2. The van der Waals surface area contributed by atoms with Crippen molar-refractivity contribution in [3.63, 3.8) is 0 Å². The third-order valence-electron chi connectivity index (χ3n) is 3.61. The van der Waals surface area contributed by atoms with E-state index in [4.69, 9.17) is 16.3 Å². The number of rotatable bonds is 3. The van der Waals surface area contributed by atoms with E-state index < -0.39 is 0 Å². The van der Waals surface area contributed by atoms with Crippen molar-refractivity contribution in [3.8, 4) is 5.75 Å². The van der Waals surface area contributed by atoms with E-state index in [2.05, 4.69) is 11.4 Å². The molecule has 4 heteroatoms. The fraction of sp³-hybridized carbons (Fsp3) is 0.250. The number of benzene rings is 2. The average molecular weight is 292 g/mol. The normalized spacial score (nSPS) is 14.8. The summed E-state index contributed by atoms with van der Waals surface area (Å²) >= 11 is 6.17. The molecule has 104 valence electrons. The zero-order valence-electron chi connectivity index (χ0n) is 11.1. The zero-order valence-corrected chi connectivity index (χ0v) is 11.9. The van der Waals surface area contributed by atoms with E-state index in [9.17, 15) is 4.39 Å². The highest BCUT2D eigenvalue weighted by atomic mass is 35.5. The van der Waals surface area contributed by atoms with Crippen LogP contribution in [0.1, 0.15) is 22.7 Å². The molecule has 3 rings (SSSR count). The summed E-state index contributed by atoms with van der Waals surface area (Å²) in [6.07, 6.45) is 0.927. The van der Waals surface area contributed by atoms with E-state index >= 15 is 0 Å². The SMILES string of the molecule is CNC(c1ccc2c(c1)CCO2)c1ccc(F)cc1Cl. The molecule has 1 N–H and O–H groups in total. The quantitative estimate of drug-likeness (QED) is 0.930. The van der Waals surface area contributed by atoms with Crippen LogP contribution in [0.2, 0.25) is 5.02 Å². The average Bonchev–Trinajstić information content (AvgIpc) is 2.89. The predicted molar refractivity (Wildman–Crippen MR) is 78.0 cm³/mol. The number of hydrogen-bond acceptors (Lipinski definition) is 2. The van der Waals surface area contributed by atoms with Crippen molar-refractivity contribution >= 4 is 11.6 Å². The van der Waals surface area contributed by atoms with Crippen molar-refractivity contribution in [2.24, 2.45) is 0 Å². The second-order valence-electron chi connectivity index (χ2n) is 4.85. The second-order valence-corrected chi connectivity index (χ2v) is 5.26. The van der Waals surface area contributed by atoms with E-state index in [1.165, 1.54) is 17.7 Å². The van der Waals surface area contributed by atoms with Gasteiger partial charge in [0, 0.05) is 11.4 Å². The molecule has 0 radical (unpaired) electrons. The molecule has 0 saturated carbocycles. The third kappa shape index (κ3) is 2.39. The summed E-state index contributed by atoms with van der Waals surface area (Å²) in [4.78, 5) is 0. The van der Waals surface area contributed by atoms with Gasteiger partial charge in [-0.1, -0.05) is 29.8 Å². The summed E-state index contributed by atoms with van der Waals surface area (Å²) in [7, 11) is 1.87. The number of halogens is 2. The lowest BCUT2D eigenvalue weighted by atomic mass is 9.96. The van der Waals surface area contributed by atoms with Crippen molar-refractivity contribution in [2.75, 3.05) is 13.7 Å². The largest absolute Gasteiger partial charge is 0.493 e. The Morgan fingerprint density at radius 2 is 2.10 bits per heavy atom. The van der Waals surface area contributed by atoms with Gasteiger partial charge in [0.1, 0.15) is 11.6 Å². The fourth-order valence-electron chi connectivity index (χ4n) is 2.62. The topological polar surface area (TPSA) is 21.3 Å². The van der Waals surface area contributed by atoms with E-state index in [0.717, 1.165) is 29.9 Å². The molecule has 0 fully saturated rings. The molecule has 1 heterocycles. The van der Waals surface area contributed by atoms with Gasteiger partial charge in [-0.3, -0.25) is 0 Å². The molecule has 0 bridgehead atoms. The van der Waals surface area contributed by atoms with E-state index in [1.807, 2.05) is 19.2 Å². The molecule has 1 unspecified atom stereocenters. The van der Waals surface area contributed by atoms with E-state index in [1.54, 1.807) is 6.07 Å². The van der Waals surface area contributed by atoms with Gasteiger partial charge < -0.3 is 10.1 Å². The summed E-state index contributed by atoms with van der Waals surface area (Å²) in [5.74, 6) is 0.629. The Hall–Kier alpha value is -1.58. The first kappa shape index (κ1) is 13.4. The Morgan fingerprint density at radius 3 is 2.85 bits per heavy atom. The monoisotopic (exact) mass is 291 g/mol. The maximum Gasteiger partial charge on any atom is 0.124 e. The molecule has 1 atom stereocenters. The molecular formula is C16H15ClFNO. The molecule has 2 aromatic carbocycles. The molecule has 2 aromatic rings. The van der Waals surface area contributed by atoms with Gasteiger partial charge in [-0.05, 0) is 41.9 Å². The molecule has 2 nitrogen and oxygen atoms in total. The Balaban J connectivity index is 2.01. The molecule has 0 aromatic heterocycles. The summed E-state index contributed by atoms with van der Waals surface area (Å²) in [6, 6.07) is 10.6. The first-order valence-electron chi connectivity index (χ1n) is 6.57. The molecule has 0 amide bonds. The molecule has 1 aliphatic heterocycles. The van der Waals surface area contributed by atoms with Crippen LogP contribution in [-0.4, -0.2) is 13.7 Å². The van der Waals surface area contributed by atoms with Crippen LogP contribution < -0.4 is 10.1 Å². The van der Waals surface area contributed by atoms with Crippen LogP contribution in [0.15, 0.2) is 36.4 Å². The van der Waals surface area contributed by atoms with Crippen LogP contribution in [0.3, 0.4) is 0 Å². The van der Waals surface area contributed by atoms with Gasteiger partial charge >= 0.3 is 0 Å². The van der Waals surface area contributed by atoms with Crippen molar-refractivity contribution in [1.82, 2.24) is 5.32 Å². The first-order valence-corrected chi connectivity index (χ1v) is 6.94. The molecular weight excluding hydrogens is 277 g/mol. The van der Waals surface area contributed by atoms with Crippen molar-refractivity contribution in [3.05, 3.63) is 63.9 Å². The smallest absolute Gasteiger partial charge is 0.124 e. The lowest BCUT2D eigenvalue weighted by Gasteiger charge is -2.19. The Morgan fingerprint density at radius 1 is 1.25 bits per heavy atom. The number of fused-ring (bicyclic) bond motifs is 1. The fourth-order valence-corrected chi connectivity index (χ4v) is 2.90. The predicted octanol–water partition coefficient (Wildman–Crippen LogP) is 3.72. The lowest BCUT2D eigenvalue weighted by Crippen LogP contribution is -2.18. The Labute approximate surface area is 122 Å². The highest BCUT2D eigenvalue weighted by Crippen LogP contribution is 2.33. The number of nitrogens with one attached hydrogen (secondary N) is 1. The van der Waals surface area contributed by atoms with E-state index in [0.29, 0.717) is 5.02 Å². The van der Waals surface area contributed by atoms with Crippen molar-refractivity contribution < 1.29 is 9.13 Å². The minimum atomic E-state index is -0.323.